The van der Waals surface area contributed by atoms with Crippen LogP contribution in [0.15, 0.2) is 88.1 Å². The summed E-state index contributed by atoms with van der Waals surface area (Å²) in [5, 5.41) is 40.6. The van der Waals surface area contributed by atoms with Crippen LogP contribution in [0.3, 0.4) is 0 Å². The van der Waals surface area contributed by atoms with Crippen LogP contribution in [0.1, 0.15) is 11.1 Å². The van der Waals surface area contributed by atoms with Crippen LogP contribution < -0.4 is 19.8 Å². The number of aliphatic hydroxyl groups is 4. The van der Waals surface area contributed by atoms with Crippen molar-refractivity contribution in [3.63, 3.8) is 0 Å². The Labute approximate surface area is 223 Å². The number of rotatable bonds is 9. The van der Waals surface area contributed by atoms with Crippen molar-refractivity contribution in [3.05, 3.63) is 100 Å². The lowest BCUT2D eigenvalue weighted by atomic mass is 9.99. The molecule has 10 nitrogen and oxygen atoms in total. The normalized spacial score (nSPS) is 22.9. The van der Waals surface area contributed by atoms with E-state index >= 15 is 0 Å². The molecule has 0 aliphatic carbocycles. The maximum atomic E-state index is 13.1. The summed E-state index contributed by atoms with van der Waals surface area (Å²) in [6.45, 7) is -0.261. The number of ether oxygens (including phenoxy) is 4. The van der Waals surface area contributed by atoms with Gasteiger partial charge in [-0.25, -0.2) is 4.79 Å². The molecule has 1 saturated heterocycles. The minimum Gasteiger partial charge on any atom is -0.489 e. The van der Waals surface area contributed by atoms with Crippen LogP contribution in [0.2, 0.25) is 0 Å². The van der Waals surface area contributed by atoms with Gasteiger partial charge in [0.25, 0.3) is 5.75 Å². The lowest BCUT2D eigenvalue weighted by Crippen LogP contribution is -2.60. The monoisotopic (exact) mass is 536 g/mol. The van der Waals surface area contributed by atoms with Gasteiger partial charge in [0.05, 0.1) is 12.0 Å². The fourth-order valence-corrected chi connectivity index (χ4v) is 4.22. The molecule has 0 bridgehead atoms. The smallest absolute Gasteiger partial charge is 0.383 e. The van der Waals surface area contributed by atoms with Gasteiger partial charge in [-0.2, -0.15) is 0 Å². The van der Waals surface area contributed by atoms with E-state index in [1.165, 1.54) is 0 Å². The molecule has 4 aromatic rings. The maximum Gasteiger partial charge on any atom is 0.383 e. The van der Waals surface area contributed by atoms with Gasteiger partial charge in [-0.05, 0) is 23.3 Å². The largest absolute Gasteiger partial charge is 0.489 e. The molecule has 0 amide bonds. The Hall–Kier alpha value is -3.93. The molecular weight excluding hydrogens is 508 g/mol. The predicted molar refractivity (Wildman–Crippen MR) is 138 cm³/mol. The highest BCUT2D eigenvalue weighted by atomic mass is 16.7. The van der Waals surface area contributed by atoms with E-state index in [0.717, 1.165) is 11.1 Å². The van der Waals surface area contributed by atoms with Crippen molar-refractivity contribution in [3.8, 4) is 17.2 Å². The molecule has 0 radical (unpaired) electrons. The van der Waals surface area contributed by atoms with Crippen LogP contribution in [-0.4, -0.2) is 57.7 Å². The van der Waals surface area contributed by atoms with Gasteiger partial charge in [0.15, 0.2) is 5.75 Å². The minimum absolute atomic E-state index is 0.0247. The molecule has 0 spiro atoms. The summed E-state index contributed by atoms with van der Waals surface area (Å²) in [5.74, 6) is 0.0866. The van der Waals surface area contributed by atoms with Gasteiger partial charge in [0.2, 0.25) is 6.29 Å². The summed E-state index contributed by atoms with van der Waals surface area (Å²) in [4.78, 5) is 13.1. The first-order valence-electron chi connectivity index (χ1n) is 12.4. The molecule has 3 aromatic carbocycles. The number of hydrogen-bond donors (Lipinski definition) is 4. The average molecular weight is 537 g/mol. The van der Waals surface area contributed by atoms with Gasteiger partial charge in [0.1, 0.15) is 49.0 Å². The van der Waals surface area contributed by atoms with E-state index in [9.17, 15) is 25.2 Å². The van der Waals surface area contributed by atoms with Crippen LogP contribution in [0.5, 0.6) is 17.2 Å². The van der Waals surface area contributed by atoms with Gasteiger partial charge < -0.3 is 43.8 Å². The third kappa shape index (κ3) is 5.90. The summed E-state index contributed by atoms with van der Waals surface area (Å²) in [7, 11) is 0. The standard InChI is InChI=1S/C29H28O10/c30-14-22-23(31)24(32)25(33)29(38-22)39-27-26(36-16-18-9-5-2-6-10-18)20-12-11-19(13-21(20)37-28(27)34)35-15-17-7-3-1-4-8-17/h1-13,22-25,29-33H,14-16H2/t22-,23-,24+,25+,29-/m1/s1. The Morgan fingerprint density at radius 2 is 1.38 bits per heavy atom. The molecule has 4 N–H and O–H groups in total. The molecule has 1 aliphatic heterocycles. The number of aliphatic hydroxyl groups excluding tert-OH is 4. The lowest BCUT2D eigenvalue weighted by molar-refractivity contribution is -0.278. The Morgan fingerprint density at radius 3 is 2.03 bits per heavy atom. The second-order valence-electron chi connectivity index (χ2n) is 9.07. The molecule has 1 fully saturated rings. The molecule has 0 unspecified atom stereocenters. The summed E-state index contributed by atoms with van der Waals surface area (Å²) < 4.78 is 28.5. The zero-order valence-corrected chi connectivity index (χ0v) is 20.8. The first-order valence-corrected chi connectivity index (χ1v) is 12.4. The highest BCUT2D eigenvalue weighted by molar-refractivity contribution is 5.86. The Bertz CT molecular complexity index is 1440. The van der Waals surface area contributed by atoms with E-state index in [4.69, 9.17) is 23.4 Å². The fraction of sp³-hybridized carbons (Fsp3) is 0.276. The molecule has 204 valence electrons. The van der Waals surface area contributed by atoms with Gasteiger partial charge in [-0.15, -0.1) is 0 Å². The molecule has 1 aliphatic rings. The molecule has 5 atom stereocenters. The van der Waals surface area contributed by atoms with Gasteiger partial charge in [0, 0.05) is 6.07 Å². The molecule has 10 heteroatoms. The molecule has 1 aromatic heterocycles. The Morgan fingerprint density at radius 1 is 0.744 bits per heavy atom. The van der Waals surface area contributed by atoms with Crippen LogP contribution in [0.4, 0.5) is 0 Å². The predicted octanol–water partition coefficient (Wildman–Crippen LogP) is 2.13. The zero-order valence-electron chi connectivity index (χ0n) is 20.8. The average Bonchev–Trinajstić information content (AvgIpc) is 2.97. The van der Waals surface area contributed by atoms with Crippen molar-refractivity contribution in [2.24, 2.45) is 0 Å². The van der Waals surface area contributed by atoms with E-state index in [1.807, 2.05) is 60.7 Å². The molecule has 2 heterocycles. The van der Waals surface area contributed by atoms with Crippen molar-refractivity contribution >= 4 is 11.0 Å². The van der Waals surface area contributed by atoms with E-state index < -0.39 is 48.7 Å². The van der Waals surface area contributed by atoms with Gasteiger partial charge >= 0.3 is 5.63 Å². The van der Waals surface area contributed by atoms with Crippen molar-refractivity contribution < 1.29 is 43.8 Å². The Kier molecular flexibility index (Phi) is 8.10. The highest BCUT2D eigenvalue weighted by Crippen LogP contribution is 2.37. The minimum atomic E-state index is -1.73. The maximum absolute atomic E-state index is 13.1. The summed E-state index contributed by atoms with van der Waals surface area (Å²) >= 11 is 0. The first kappa shape index (κ1) is 26.7. The highest BCUT2D eigenvalue weighted by Gasteiger charge is 2.45. The summed E-state index contributed by atoms with van der Waals surface area (Å²) in [5.41, 5.74) is 1.03. The van der Waals surface area contributed by atoms with Crippen LogP contribution in [0.25, 0.3) is 11.0 Å². The summed E-state index contributed by atoms with van der Waals surface area (Å²) in [6, 6.07) is 23.7. The van der Waals surface area contributed by atoms with Crippen molar-refractivity contribution in [1.82, 2.24) is 0 Å². The van der Waals surface area contributed by atoms with E-state index in [2.05, 4.69) is 0 Å². The SMILES string of the molecule is O=c1oc2cc(OCc3ccccc3)ccc2c(OCc2ccccc2)c1O[C@H]1O[C@H](CO)[C@@H](O)[C@H](O)[C@@H]1O. The molecular formula is C29H28O10. The molecule has 5 rings (SSSR count). The lowest BCUT2D eigenvalue weighted by Gasteiger charge is -2.39. The first-order chi connectivity index (χ1) is 18.9. The van der Waals surface area contributed by atoms with Crippen LogP contribution in [-0.2, 0) is 18.0 Å². The van der Waals surface area contributed by atoms with Crippen molar-refractivity contribution in [2.45, 2.75) is 43.9 Å². The topological polar surface area (TPSA) is 148 Å². The van der Waals surface area contributed by atoms with Crippen LogP contribution >= 0.6 is 0 Å². The fourth-order valence-electron chi connectivity index (χ4n) is 4.22. The number of fused-ring (bicyclic) bond motifs is 1. The van der Waals surface area contributed by atoms with Gasteiger partial charge in [-0.3, -0.25) is 0 Å². The third-order valence-corrected chi connectivity index (χ3v) is 6.35. The number of benzene rings is 3. The summed E-state index contributed by atoms with van der Waals surface area (Å²) in [6.07, 6.45) is -7.83. The quantitative estimate of drug-likeness (QED) is 0.235. The third-order valence-electron chi connectivity index (χ3n) is 6.35. The Balaban J connectivity index is 1.48. The zero-order chi connectivity index (χ0) is 27.4. The number of hydrogen-bond acceptors (Lipinski definition) is 10. The van der Waals surface area contributed by atoms with Crippen molar-refractivity contribution in [2.75, 3.05) is 6.61 Å². The second-order valence-corrected chi connectivity index (χ2v) is 9.07. The molecule has 39 heavy (non-hydrogen) atoms. The van der Waals surface area contributed by atoms with Crippen LogP contribution in [0, 0.1) is 0 Å². The van der Waals surface area contributed by atoms with Crippen molar-refractivity contribution in [1.29, 1.82) is 0 Å². The van der Waals surface area contributed by atoms with E-state index in [1.54, 1.807) is 18.2 Å². The second kappa shape index (κ2) is 11.9. The van der Waals surface area contributed by atoms with Gasteiger partial charge in [-0.1, -0.05) is 60.7 Å². The molecule has 0 saturated carbocycles. The van der Waals surface area contributed by atoms with E-state index in [0.29, 0.717) is 17.7 Å². The van der Waals surface area contributed by atoms with E-state index in [-0.39, 0.29) is 17.9 Å².